The van der Waals surface area contributed by atoms with E-state index in [4.69, 9.17) is 35.3 Å². The van der Waals surface area contributed by atoms with Crippen molar-refractivity contribution >= 4 is 76.6 Å². The highest BCUT2D eigenvalue weighted by Crippen LogP contribution is 2.49. The summed E-state index contributed by atoms with van der Waals surface area (Å²) < 4.78 is 29.4. The standard InChI is InChI=1S/C49H64ClN5O14S/c1-28-14-13-15-36(66-8)49(64)27-34(67-47(63)51-49)29(2)44-48(4,69-44)37(26-41(59)53(6)32-23-31(22-28)24-33(65-7)43(32)50)68-46(62)30(3)52(5)38(56)18-21-70-35-25-42(60)55(45(35)61)20-12-10-9-11-19-54-39(57)16-17-40(54)58/h13-17,23-24,29-30,34-37,44,64H,9-12,18-22,25-27H2,1-8H3,(H,51,63)/b15-13+,28-14+. The van der Waals surface area contributed by atoms with E-state index in [0.717, 1.165) is 11.1 Å². The molecule has 9 atom stereocenters. The Labute approximate surface area is 417 Å². The van der Waals surface area contributed by atoms with Crippen molar-refractivity contribution in [1.29, 1.82) is 0 Å². The number of hydrogen-bond acceptors (Lipinski definition) is 15. The molecule has 6 rings (SSSR count). The van der Waals surface area contributed by atoms with Crippen LogP contribution in [-0.4, -0.2) is 162 Å². The number of carbonyl (C=O) groups is 8. The summed E-state index contributed by atoms with van der Waals surface area (Å²) >= 11 is 8.00. The third-order valence-corrected chi connectivity index (χ3v) is 15.4. The highest BCUT2D eigenvalue weighted by Gasteiger charge is 2.64. The molecule has 1 aromatic carbocycles. The number of likely N-dealkylation sites (tertiary alicyclic amines) is 1. The molecule has 0 saturated carbocycles. The van der Waals surface area contributed by atoms with Crippen LogP contribution in [0.3, 0.4) is 0 Å². The number of esters is 1. The van der Waals surface area contributed by atoms with Gasteiger partial charge in [0.05, 0.1) is 30.6 Å². The van der Waals surface area contributed by atoms with Crippen molar-refractivity contribution in [2.24, 2.45) is 5.92 Å². The summed E-state index contributed by atoms with van der Waals surface area (Å²) in [5, 5.41) is 13.9. The number of allylic oxidation sites excluding steroid dienone is 3. The lowest BCUT2D eigenvalue weighted by atomic mass is 9.83. The number of methoxy groups -OCH3 is 2. The molecule has 5 aliphatic rings. The average molecular weight is 1010 g/mol. The summed E-state index contributed by atoms with van der Waals surface area (Å²) in [6.45, 7) is 7.40. The van der Waals surface area contributed by atoms with E-state index >= 15 is 0 Å². The molecule has 0 spiro atoms. The molecule has 3 fully saturated rings. The fourth-order valence-corrected chi connectivity index (χ4v) is 10.7. The number of halogens is 1. The summed E-state index contributed by atoms with van der Waals surface area (Å²) in [5.74, 6) is -3.07. The number of thioether (sulfide) groups is 1. The van der Waals surface area contributed by atoms with Gasteiger partial charge in [-0.05, 0) is 57.7 Å². The topological polar surface area (TPSA) is 231 Å². The van der Waals surface area contributed by atoms with Crippen molar-refractivity contribution in [3.05, 3.63) is 58.7 Å². The van der Waals surface area contributed by atoms with Gasteiger partial charge in [0.2, 0.25) is 23.6 Å². The smallest absolute Gasteiger partial charge is 0.409 e. The zero-order valence-corrected chi connectivity index (χ0v) is 42.5. The Kier molecular flexibility index (Phi) is 17.7. The first-order chi connectivity index (χ1) is 33.1. The second-order valence-corrected chi connectivity index (χ2v) is 20.4. The van der Waals surface area contributed by atoms with Crippen LogP contribution < -0.4 is 15.0 Å². The number of likely N-dealkylation sites (N-methyl/N-ethyl adjacent to an activating group) is 1. The number of nitrogens with zero attached hydrogens (tertiary/aromatic N) is 4. The van der Waals surface area contributed by atoms with Gasteiger partial charge in [0.1, 0.15) is 40.7 Å². The van der Waals surface area contributed by atoms with E-state index in [2.05, 4.69) is 5.32 Å². The van der Waals surface area contributed by atoms with Crippen molar-refractivity contribution in [1.82, 2.24) is 20.0 Å². The largest absolute Gasteiger partial charge is 0.495 e. The molecule has 4 bridgehead atoms. The second-order valence-electron chi connectivity index (χ2n) is 18.7. The number of epoxide rings is 1. The zero-order valence-electron chi connectivity index (χ0n) is 40.9. The van der Waals surface area contributed by atoms with Gasteiger partial charge in [-0.1, -0.05) is 55.2 Å². The molecule has 5 aliphatic heterocycles. The van der Waals surface area contributed by atoms with Crippen LogP contribution in [0, 0.1) is 5.92 Å². The number of amides is 7. The lowest BCUT2D eigenvalue weighted by molar-refractivity contribution is -0.162. The minimum atomic E-state index is -1.88. The Morgan fingerprint density at radius 2 is 1.69 bits per heavy atom. The molecule has 0 aliphatic carbocycles. The third-order valence-electron chi connectivity index (χ3n) is 13.8. The number of rotatable bonds is 16. The van der Waals surface area contributed by atoms with Crippen LogP contribution in [0.4, 0.5) is 10.5 Å². The number of fused-ring (bicyclic) bond motifs is 5. The Balaban J connectivity index is 1.11. The highest BCUT2D eigenvalue weighted by atomic mass is 35.5. The molecule has 0 radical (unpaired) electrons. The van der Waals surface area contributed by atoms with Crippen molar-refractivity contribution in [2.75, 3.05) is 52.1 Å². The van der Waals surface area contributed by atoms with Crippen LogP contribution in [0.15, 0.2) is 48.1 Å². The molecule has 5 heterocycles. The number of carbonyl (C=O) groups excluding carboxylic acids is 8. The molecule has 382 valence electrons. The number of anilines is 1. The first kappa shape index (κ1) is 54.1. The van der Waals surface area contributed by atoms with Gasteiger partial charge in [0.25, 0.3) is 11.8 Å². The van der Waals surface area contributed by atoms with E-state index in [9.17, 15) is 43.5 Å². The maximum Gasteiger partial charge on any atom is 0.409 e. The SMILES string of the molecule is COc1cc2cc(c1Cl)N(C)C(=O)CC(OC(=O)C(C)N(C)C(=O)CCSC1CC(=O)N(CCCCCCN3C(=O)C=CC3=O)C1=O)C1(C)OC1C(C)C1CC(O)(NC(=O)O1)C(OC)/C=C/C=C(\C)C2. The normalized spacial score (nSPS) is 29.8. The molecule has 21 heteroatoms. The first-order valence-corrected chi connectivity index (χ1v) is 24.9. The Hall–Kier alpha value is -5.28. The monoisotopic (exact) mass is 1010 g/mol. The molecule has 9 unspecified atom stereocenters. The van der Waals surface area contributed by atoms with E-state index in [-0.39, 0.29) is 66.6 Å². The molecular weight excluding hydrogens is 950 g/mol. The number of unbranched alkanes of at least 4 members (excludes halogenated alkanes) is 3. The number of alkyl carbamates (subject to hydrolysis) is 1. The van der Waals surface area contributed by atoms with Gasteiger partial charge in [0, 0.05) is 77.4 Å². The zero-order chi connectivity index (χ0) is 51.2. The molecule has 0 aromatic heterocycles. The molecule has 2 N–H and O–H groups in total. The molecule has 7 amide bonds. The fraction of sp³-hybridized carbons (Fsp3) is 0.592. The minimum Gasteiger partial charge on any atom is -0.495 e. The lowest BCUT2D eigenvalue weighted by Crippen LogP contribution is -2.63. The van der Waals surface area contributed by atoms with Crippen molar-refractivity contribution < 1.29 is 67.1 Å². The summed E-state index contributed by atoms with van der Waals surface area (Å²) in [6, 6.07) is 2.40. The van der Waals surface area contributed by atoms with Gasteiger partial charge in [0.15, 0.2) is 5.72 Å². The van der Waals surface area contributed by atoms with E-state index in [1.165, 1.54) is 71.7 Å². The van der Waals surface area contributed by atoms with Crippen LogP contribution in [0.2, 0.25) is 5.02 Å². The minimum absolute atomic E-state index is 0.00630. The van der Waals surface area contributed by atoms with Gasteiger partial charge >= 0.3 is 12.1 Å². The van der Waals surface area contributed by atoms with E-state index in [0.29, 0.717) is 50.1 Å². The van der Waals surface area contributed by atoms with Gasteiger partial charge in [-0.2, -0.15) is 0 Å². The van der Waals surface area contributed by atoms with Crippen LogP contribution in [-0.2, 0) is 58.9 Å². The summed E-state index contributed by atoms with van der Waals surface area (Å²) in [4.78, 5) is 109. The molecule has 3 saturated heterocycles. The highest BCUT2D eigenvalue weighted by molar-refractivity contribution is 8.00. The van der Waals surface area contributed by atoms with Crippen molar-refractivity contribution in [2.45, 2.75) is 133 Å². The van der Waals surface area contributed by atoms with Gasteiger partial charge in [-0.15, -0.1) is 11.8 Å². The predicted octanol–water partition coefficient (Wildman–Crippen LogP) is 4.25. The van der Waals surface area contributed by atoms with Crippen LogP contribution in [0.1, 0.15) is 84.6 Å². The summed E-state index contributed by atoms with van der Waals surface area (Å²) in [6.07, 6.45) is 5.43. The van der Waals surface area contributed by atoms with Crippen molar-refractivity contribution in [3.63, 3.8) is 0 Å². The van der Waals surface area contributed by atoms with Gasteiger partial charge in [-0.3, -0.25) is 43.9 Å². The van der Waals surface area contributed by atoms with E-state index in [1.807, 2.05) is 13.0 Å². The first-order valence-electron chi connectivity index (χ1n) is 23.5. The van der Waals surface area contributed by atoms with Gasteiger partial charge < -0.3 is 38.6 Å². The van der Waals surface area contributed by atoms with Gasteiger partial charge in [-0.25, -0.2) is 9.59 Å². The number of hydrogen-bond donors (Lipinski definition) is 2. The molecule has 70 heavy (non-hydrogen) atoms. The van der Waals surface area contributed by atoms with E-state index < -0.39 is 76.8 Å². The number of aliphatic hydroxyl groups is 1. The van der Waals surface area contributed by atoms with Crippen LogP contribution in [0.25, 0.3) is 0 Å². The average Bonchev–Trinajstić information content (AvgIpc) is 3.81. The van der Waals surface area contributed by atoms with Crippen LogP contribution >= 0.6 is 23.4 Å². The second kappa shape index (κ2) is 22.9. The maximum atomic E-state index is 14.3. The Morgan fingerprint density at radius 3 is 2.34 bits per heavy atom. The molecular formula is C49H64ClN5O14S. The summed E-state index contributed by atoms with van der Waals surface area (Å²) in [5.41, 5.74) is -1.17. The number of imide groups is 2. The Bertz CT molecular complexity index is 2310. The Morgan fingerprint density at radius 1 is 1.01 bits per heavy atom. The summed E-state index contributed by atoms with van der Waals surface area (Å²) in [7, 11) is 5.87. The molecule has 1 aromatic rings. The van der Waals surface area contributed by atoms with Crippen LogP contribution in [0.5, 0.6) is 5.75 Å². The fourth-order valence-electron chi connectivity index (χ4n) is 9.25. The number of ether oxygens (including phenoxy) is 5. The third kappa shape index (κ3) is 12.2. The molecule has 19 nitrogen and oxygen atoms in total. The lowest BCUT2D eigenvalue weighted by Gasteiger charge is -2.42. The van der Waals surface area contributed by atoms with E-state index in [1.54, 1.807) is 45.2 Å². The quantitative estimate of drug-likeness (QED) is 0.102. The van der Waals surface area contributed by atoms with Crippen molar-refractivity contribution in [3.8, 4) is 5.75 Å². The number of nitrogens with one attached hydrogen (secondary N) is 1. The maximum absolute atomic E-state index is 14.3. The number of benzene rings is 1. The predicted molar refractivity (Wildman–Crippen MR) is 257 cm³/mol.